The fraction of sp³-hybridized carbons (Fsp3) is 0.462. The highest BCUT2D eigenvalue weighted by Gasteiger charge is 2.15. The molecule has 0 atom stereocenters. The Labute approximate surface area is 112 Å². The first kappa shape index (κ1) is 13.2. The standard InChI is InChI=1S/C13H17ClN2O2/c14-11-2-4-12(5-3-11)18-10-13(17)16-8-1-6-15-7-9-16/h2-5,15H,1,6-10H2. The van der Waals surface area contributed by atoms with Crippen LogP contribution in [0.3, 0.4) is 0 Å². The molecule has 18 heavy (non-hydrogen) atoms. The Morgan fingerprint density at radius 1 is 1.28 bits per heavy atom. The van der Waals surface area contributed by atoms with Gasteiger partial charge in [-0.1, -0.05) is 11.6 Å². The molecule has 0 aromatic heterocycles. The molecule has 1 aromatic carbocycles. The highest BCUT2D eigenvalue weighted by atomic mass is 35.5. The van der Waals surface area contributed by atoms with Crippen LogP contribution in [0, 0.1) is 0 Å². The van der Waals surface area contributed by atoms with Crippen molar-refractivity contribution in [3.63, 3.8) is 0 Å². The second kappa shape index (κ2) is 6.61. The van der Waals surface area contributed by atoms with Crippen LogP contribution in [-0.4, -0.2) is 43.6 Å². The van der Waals surface area contributed by atoms with Gasteiger partial charge in [-0.05, 0) is 37.2 Å². The number of halogens is 1. The summed E-state index contributed by atoms with van der Waals surface area (Å²) in [7, 11) is 0. The molecule has 2 rings (SSSR count). The van der Waals surface area contributed by atoms with Gasteiger partial charge in [0.05, 0.1) is 0 Å². The van der Waals surface area contributed by atoms with Gasteiger partial charge >= 0.3 is 0 Å². The number of nitrogens with zero attached hydrogens (tertiary/aromatic N) is 1. The van der Waals surface area contributed by atoms with E-state index in [9.17, 15) is 4.79 Å². The third-order valence-electron chi connectivity index (χ3n) is 2.87. The van der Waals surface area contributed by atoms with Crippen LogP contribution in [0.2, 0.25) is 5.02 Å². The first-order valence-corrected chi connectivity index (χ1v) is 6.50. The van der Waals surface area contributed by atoms with Crippen LogP contribution < -0.4 is 10.1 Å². The highest BCUT2D eigenvalue weighted by Crippen LogP contribution is 2.15. The van der Waals surface area contributed by atoms with Crippen molar-refractivity contribution in [2.45, 2.75) is 6.42 Å². The first-order chi connectivity index (χ1) is 8.75. The Hall–Kier alpha value is -1.26. The van der Waals surface area contributed by atoms with Gasteiger partial charge in [0.1, 0.15) is 5.75 Å². The molecule has 0 aliphatic carbocycles. The fourth-order valence-corrected chi connectivity index (χ4v) is 1.99. The average molecular weight is 269 g/mol. The van der Waals surface area contributed by atoms with Gasteiger partial charge in [-0.3, -0.25) is 4.79 Å². The summed E-state index contributed by atoms with van der Waals surface area (Å²) in [4.78, 5) is 13.8. The SMILES string of the molecule is O=C(COc1ccc(Cl)cc1)N1CCCNCC1. The maximum atomic E-state index is 11.9. The zero-order valence-corrected chi connectivity index (χ0v) is 10.9. The van der Waals surface area contributed by atoms with Crippen molar-refractivity contribution >= 4 is 17.5 Å². The van der Waals surface area contributed by atoms with Gasteiger partial charge in [0.25, 0.3) is 5.91 Å². The molecular formula is C13H17ClN2O2. The third-order valence-corrected chi connectivity index (χ3v) is 3.12. The Balaban J connectivity index is 1.81. The van der Waals surface area contributed by atoms with Crippen molar-refractivity contribution in [1.82, 2.24) is 10.2 Å². The van der Waals surface area contributed by atoms with E-state index in [2.05, 4.69) is 5.32 Å². The average Bonchev–Trinajstić information content (AvgIpc) is 2.66. The molecule has 4 nitrogen and oxygen atoms in total. The normalized spacial score (nSPS) is 16.2. The van der Waals surface area contributed by atoms with Gasteiger partial charge in [0.15, 0.2) is 6.61 Å². The molecule has 1 amide bonds. The third kappa shape index (κ3) is 3.89. The number of carbonyl (C=O) groups excluding carboxylic acids is 1. The van der Waals surface area contributed by atoms with Crippen molar-refractivity contribution in [2.75, 3.05) is 32.8 Å². The fourth-order valence-electron chi connectivity index (χ4n) is 1.86. The Kier molecular flexibility index (Phi) is 4.84. The van der Waals surface area contributed by atoms with Crippen LogP contribution >= 0.6 is 11.6 Å². The second-order valence-electron chi connectivity index (χ2n) is 4.23. The number of benzene rings is 1. The molecule has 1 aromatic rings. The number of hydrogen-bond donors (Lipinski definition) is 1. The minimum absolute atomic E-state index is 0.0358. The summed E-state index contributed by atoms with van der Waals surface area (Å²) in [6.07, 6.45) is 0.993. The molecule has 1 aliphatic rings. The Morgan fingerprint density at radius 2 is 2.06 bits per heavy atom. The van der Waals surface area contributed by atoms with E-state index in [-0.39, 0.29) is 12.5 Å². The van der Waals surface area contributed by atoms with Crippen LogP contribution in [0.4, 0.5) is 0 Å². The van der Waals surface area contributed by atoms with Gasteiger partial charge in [-0.15, -0.1) is 0 Å². The van der Waals surface area contributed by atoms with Crippen LogP contribution in [0.5, 0.6) is 5.75 Å². The van der Waals surface area contributed by atoms with Crippen LogP contribution in [0.15, 0.2) is 24.3 Å². The monoisotopic (exact) mass is 268 g/mol. The lowest BCUT2D eigenvalue weighted by atomic mass is 10.3. The number of nitrogens with one attached hydrogen (secondary N) is 1. The van der Waals surface area contributed by atoms with Crippen molar-refractivity contribution in [3.8, 4) is 5.75 Å². The molecule has 5 heteroatoms. The van der Waals surface area contributed by atoms with Crippen LogP contribution in [-0.2, 0) is 4.79 Å². The number of ether oxygens (including phenoxy) is 1. The van der Waals surface area contributed by atoms with Gasteiger partial charge in [0, 0.05) is 24.7 Å². The quantitative estimate of drug-likeness (QED) is 0.904. The molecule has 0 radical (unpaired) electrons. The van der Waals surface area contributed by atoms with Crippen molar-refractivity contribution in [2.24, 2.45) is 0 Å². The van der Waals surface area contributed by atoms with Crippen molar-refractivity contribution in [3.05, 3.63) is 29.3 Å². The minimum atomic E-state index is 0.0358. The van der Waals surface area contributed by atoms with E-state index >= 15 is 0 Å². The molecule has 0 bridgehead atoms. The van der Waals surface area contributed by atoms with E-state index in [0.29, 0.717) is 10.8 Å². The van der Waals surface area contributed by atoms with E-state index in [0.717, 1.165) is 32.6 Å². The summed E-state index contributed by atoms with van der Waals surface area (Å²) < 4.78 is 5.45. The predicted molar refractivity (Wildman–Crippen MR) is 71.0 cm³/mol. The Bertz CT molecular complexity index is 386. The molecule has 1 saturated heterocycles. The summed E-state index contributed by atoms with van der Waals surface area (Å²) in [5.41, 5.74) is 0. The molecule has 0 spiro atoms. The smallest absolute Gasteiger partial charge is 0.260 e. The number of hydrogen-bond acceptors (Lipinski definition) is 3. The Morgan fingerprint density at radius 3 is 2.83 bits per heavy atom. The number of carbonyl (C=O) groups is 1. The maximum absolute atomic E-state index is 11.9. The molecule has 1 aliphatic heterocycles. The van der Waals surface area contributed by atoms with Gasteiger partial charge < -0.3 is 15.0 Å². The van der Waals surface area contributed by atoms with E-state index in [1.54, 1.807) is 24.3 Å². The lowest BCUT2D eigenvalue weighted by Crippen LogP contribution is -2.37. The zero-order valence-electron chi connectivity index (χ0n) is 10.2. The van der Waals surface area contributed by atoms with Crippen LogP contribution in [0.25, 0.3) is 0 Å². The molecule has 1 heterocycles. The topological polar surface area (TPSA) is 41.6 Å². The van der Waals surface area contributed by atoms with Gasteiger partial charge in [-0.25, -0.2) is 0 Å². The molecule has 1 fully saturated rings. The predicted octanol–water partition coefficient (Wildman–Crippen LogP) is 1.54. The maximum Gasteiger partial charge on any atom is 0.260 e. The zero-order chi connectivity index (χ0) is 12.8. The summed E-state index contributed by atoms with van der Waals surface area (Å²) in [5.74, 6) is 0.703. The molecule has 0 unspecified atom stereocenters. The van der Waals surface area contributed by atoms with E-state index < -0.39 is 0 Å². The lowest BCUT2D eigenvalue weighted by molar-refractivity contribution is -0.133. The first-order valence-electron chi connectivity index (χ1n) is 6.12. The summed E-state index contributed by atoms with van der Waals surface area (Å²) >= 11 is 5.78. The minimum Gasteiger partial charge on any atom is -0.484 e. The summed E-state index contributed by atoms with van der Waals surface area (Å²) in [6.45, 7) is 3.47. The molecule has 1 N–H and O–H groups in total. The number of amides is 1. The summed E-state index contributed by atoms with van der Waals surface area (Å²) in [6, 6.07) is 7.02. The lowest BCUT2D eigenvalue weighted by Gasteiger charge is -2.19. The molecule has 0 saturated carbocycles. The van der Waals surface area contributed by atoms with Gasteiger partial charge in [0.2, 0.25) is 0 Å². The second-order valence-corrected chi connectivity index (χ2v) is 4.66. The van der Waals surface area contributed by atoms with E-state index in [1.807, 2.05) is 4.90 Å². The van der Waals surface area contributed by atoms with E-state index in [1.165, 1.54) is 0 Å². The van der Waals surface area contributed by atoms with Crippen LogP contribution in [0.1, 0.15) is 6.42 Å². The summed E-state index contributed by atoms with van der Waals surface area (Å²) in [5, 5.41) is 3.92. The largest absolute Gasteiger partial charge is 0.484 e. The molecular weight excluding hydrogens is 252 g/mol. The number of rotatable bonds is 3. The highest BCUT2D eigenvalue weighted by molar-refractivity contribution is 6.30. The van der Waals surface area contributed by atoms with E-state index in [4.69, 9.17) is 16.3 Å². The van der Waals surface area contributed by atoms with Gasteiger partial charge in [-0.2, -0.15) is 0 Å². The van der Waals surface area contributed by atoms with Crippen molar-refractivity contribution in [1.29, 1.82) is 0 Å². The van der Waals surface area contributed by atoms with Crippen molar-refractivity contribution < 1.29 is 9.53 Å². The molecule has 98 valence electrons.